The third kappa shape index (κ3) is 2.66. The van der Waals surface area contributed by atoms with E-state index in [9.17, 15) is 4.39 Å². The molecule has 4 nitrogen and oxygen atoms in total. The van der Waals surface area contributed by atoms with Gasteiger partial charge in [0.15, 0.2) is 5.82 Å². The van der Waals surface area contributed by atoms with Crippen molar-refractivity contribution in [3.8, 4) is 0 Å². The van der Waals surface area contributed by atoms with Crippen molar-refractivity contribution in [3.63, 3.8) is 0 Å². The number of anilines is 1. The van der Waals surface area contributed by atoms with Crippen LogP contribution in [0.25, 0.3) is 0 Å². The molecule has 1 fully saturated rings. The van der Waals surface area contributed by atoms with Crippen LogP contribution in [0.3, 0.4) is 0 Å². The Balaban J connectivity index is 1.85. The van der Waals surface area contributed by atoms with Gasteiger partial charge in [0.05, 0.1) is 12.4 Å². The van der Waals surface area contributed by atoms with Gasteiger partial charge in [-0.15, -0.1) is 0 Å². The molecule has 0 saturated carbocycles. The zero-order valence-corrected chi connectivity index (χ0v) is 9.49. The molecule has 1 saturated heterocycles. The Morgan fingerprint density at radius 1 is 1.50 bits per heavy atom. The predicted octanol–water partition coefficient (Wildman–Crippen LogP) is 1.51. The number of likely N-dealkylation sites (tertiary alicyclic amines) is 1. The van der Waals surface area contributed by atoms with Crippen molar-refractivity contribution < 1.29 is 4.39 Å². The van der Waals surface area contributed by atoms with Crippen LogP contribution in [0.15, 0.2) is 12.4 Å². The van der Waals surface area contributed by atoms with E-state index in [1.165, 1.54) is 31.8 Å². The van der Waals surface area contributed by atoms with Gasteiger partial charge in [0.25, 0.3) is 0 Å². The molecule has 16 heavy (non-hydrogen) atoms. The summed E-state index contributed by atoms with van der Waals surface area (Å²) in [6, 6.07) is 0.554. The van der Waals surface area contributed by atoms with E-state index < -0.39 is 5.82 Å². The lowest BCUT2D eigenvalue weighted by atomic mass is 10.2. The van der Waals surface area contributed by atoms with Gasteiger partial charge in [-0.2, -0.15) is 0 Å². The number of likely N-dealkylation sites (N-methyl/N-ethyl adjacent to an activating group) is 1. The quantitative estimate of drug-likeness (QED) is 0.841. The van der Waals surface area contributed by atoms with Crippen LogP contribution in [0, 0.1) is 5.82 Å². The maximum Gasteiger partial charge on any atom is 0.222 e. The van der Waals surface area contributed by atoms with Crippen molar-refractivity contribution >= 4 is 5.95 Å². The summed E-state index contributed by atoms with van der Waals surface area (Å²) in [6.45, 7) is 5.26. The fourth-order valence-corrected chi connectivity index (χ4v) is 2.16. The van der Waals surface area contributed by atoms with Crippen LogP contribution in [0.4, 0.5) is 10.3 Å². The second-order valence-electron chi connectivity index (χ2n) is 4.03. The van der Waals surface area contributed by atoms with Gasteiger partial charge in [0.1, 0.15) is 0 Å². The Hall–Kier alpha value is -1.23. The third-order valence-corrected chi connectivity index (χ3v) is 3.02. The minimum Gasteiger partial charge on any atom is -0.353 e. The molecule has 88 valence electrons. The lowest BCUT2D eigenvalue weighted by molar-refractivity contribution is 0.276. The molecule has 1 atom stereocenters. The van der Waals surface area contributed by atoms with E-state index in [1.54, 1.807) is 0 Å². The molecule has 1 aliphatic rings. The summed E-state index contributed by atoms with van der Waals surface area (Å²) >= 11 is 0. The van der Waals surface area contributed by atoms with Crippen LogP contribution in [0.5, 0.6) is 0 Å². The van der Waals surface area contributed by atoms with E-state index >= 15 is 0 Å². The van der Waals surface area contributed by atoms with Gasteiger partial charge < -0.3 is 5.32 Å². The van der Waals surface area contributed by atoms with Crippen LogP contribution in [0.2, 0.25) is 0 Å². The highest BCUT2D eigenvalue weighted by molar-refractivity contribution is 5.22. The zero-order valence-electron chi connectivity index (χ0n) is 9.49. The molecule has 1 aromatic rings. The molecule has 0 spiro atoms. The summed E-state index contributed by atoms with van der Waals surface area (Å²) in [5, 5.41) is 3.15. The number of hydrogen-bond donors (Lipinski definition) is 1. The monoisotopic (exact) mass is 224 g/mol. The third-order valence-electron chi connectivity index (χ3n) is 3.02. The van der Waals surface area contributed by atoms with Crippen LogP contribution >= 0.6 is 0 Å². The average Bonchev–Trinajstić information content (AvgIpc) is 2.76. The molecular formula is C11H17FN4. The second-order valence-corrected chi connectivity index (χ2v) is 4.03. The van der Waals surface area contributed by atoms with Crippen molar-refractivity contribution in [2.45, 2.75) is 25.8 Å². The summed E-state index contributed by atoms with van der Waals surface area (Å²) in [5.41, 5.74) is 0. The number of rotatable bonds is 4. The van der Waals surface area contributed by atoms with Gasteiger partial charge in [0.2, 0.25) is 5.95 Å². The smallest absolute Gasteiger partial charge is 0.222 e. The first-order valence-electron chi connectivity index (χ1n) is 5.75. The number of hydrogen-bond acceptors (Lipinski definition) is 4. The average molecular weight is 224 g/mol. The lowest BCUT2D eigenvalue weighted by Gasteiger charge is -2.22. The minimum atomic E-state index is -0.401. The first-order valence-corrected chi connectivity index (χ1v) is 5.75. The molecule has 0 aliphatic carbocycles. The van der Waals surface area contributed by atoms with Crippen LogP contribution < -0.4 is 5.32 Å². The van der Waals surface area contributed by atoms with E-state index in [1.807, 2.05) is 0 Å². The molecule has 1 aliphatic heterocycles. The van der Waals surface area contributed by atoms with Crippen molar-refractivity contribution in [3.05, 3.63) is 18.2 Å². The Kier molecular flexibility index (Phi) is 3.66. The molecule has 5 heteroatoms. The summed E-state index contributed by atoms with van der Waals surface area (Å²) in [4.78, 5) is 10.2. The van der Waals surface area contributed by atoms with Crippen molar-refractivity contribution in [1.29, 1.82) is 0 Å². The standard InChI is InChI=1S/C11H17FN4/c1-2-16-5-3-4-10(16)8-15-11-13-6-9(12)7-14-11/h6-7,10H,2-5,8H2,1H3,(H,13,14,15). The molecule has 0 aromatic carbocycles. The first-order chi connectivity index (χ1) is 7.79. The minimum absolute atomic E-state index is 0.401. The van der Waals surface area contributed by atoms with E-state index in [0.717, 1.165) is 13.1 Å². The molecule has 0 radical (unpaired) electrons. The highest BCUT2D eigenvalue weighted by Crippen LogP contribution is 2.16. The fourth-order valence-electron chi connectivity index (χ4n) is 2.16. The summed E-state index contributed by atoms with van der Waals surface area (Å²) in [6.07, 6.45) is 4.83. The van der Waals surface area contributed by atoms with Crippen LogP contribution in [-0.4, -0.2) is 40.5 Å². The number of aromatic nitrogens is 2. The second kappa shape index (κ2) is 5.21. The highest BCUT2D eigenvalue weighted by atomic mass is 19.1. The number of nitrogens with one attached hydrogen (secondary N) is 1. The Labute approximate surface area is 94.9 Å². The van der Waals surface area contributed by atoms with Gasteiger partial charge in [0, 0.05) is 12.6 Å². The Morgan fingerprint density at radius 3 is 2.94 bits per heavy atom. The Morgan fingerprint density at radius 2 is 2.25 bits per heavy atom. The summed E-state index contributed by atoms with van der Waals surface area (Å²) in [5.74, 6) is 0.103. The van der Waals surface area contributed by atoms with E-state index in [4.69, 9.17) is 0 Å². The van der Waals surface area contributed by atoms with Gasteiger partial charge in [-0.1, -0.05) is 6.92 Å². The molecule has 0 amide bonds. The largest absolute Gasteiger partial charge is 0.353 e. The van der Waals surface area contributed by atoms with Crippen LogP contribution in [-0.2, 0) is 0 Å². The number of nitrogens with zero attached hydrogens (tertiary/aromatic N) is 3. The van der Waals surface area contributed by atoms with Crippen molar-refractivity contribution in [2.75, 3.05) is 25.0 Å². The zero-order chi connectivity index (χ0) is 11.4. The van der Waals surface area contributed by atoms with Crippen molar-refractivity contribution in [1.82, 2.24) is 14.9 Å². The van der Waals surface area contributed by atoms with Gasteiger partial charge in [-0.25, -0.2) is 14.4 Å². The fraction of sp³-hybridized carbons (Fsp3) is 0.636. The first kappa shape index (κ1) is 11.3. The topological polar surface area (TPSA) is 41.0 Å². The maximum absolute atomic E-state index is 12.6. The normalized spacial score (nSPS) is 21.2. The summed E-state index contributed by atoms with van der Waals surface area (Å²) < 4.78 is 12.6. The SMILES string of the molecule is CCN1CCCC1CNc1ncc(F)cn1. The van der Waals surface area contributed by atoms with E-state index in [2.05, 4.69) is 27.1 Å². The van der Waals surface area contributed by atoms with Crippen LogP contribution in [0.1, 0.15) is 19.8 Å². The van der Waals surface area contributed by atoms with Crippen molar-refractivity contribution in [2.24, 2.45) is 0 Å². The van der Waals surface area contributed by atoms with Gasteiger partial charge >= 0.3 is 0 Å². The molecule has 1 aromatic heterocycles. The van der Waals surface area contributed by atoms with E-state index in [0.29, 0.717) is 12.0 Å². The number of halogens is 1. The molecule has 2 rings (SSSR count). The van der Waals surface area contributed by atoms with Gasteiger partial charge in [-0.3, -0.25) is 4.90 Å². The van der Waals surface area contributed by atoms with Gasteiger partial charge in [-0.05, 0) is 25.9 Å². The molecular weight excluding hydrogens is 207 g/mol. The highest BCUT2D eigenvalue weighted by Gasteiger charge is 2.22. The molecule has 2 heterocycles. The lowest BCUT2D eigenvalue weighted by Crippen LogP contribution is -2.34. The van der Waals surface area contributed by atoms with E-state index in [-0.39, 0.29) is 0 Å². The molecule has 0 bridgehead atoms. The molecule has 1 N–H and O–H groups in total. The Bertz CT molecular complexity index is 327. The molecule has 1 unspecified atom stereocenters. The summed E-state index contributed by atoms with van der Waals surface area (Å²) in [7, 11) is 0. The predicted molar refractivity (Wildman–Crippen MR) is 60.7 cm³/mol. The maximum atomic E-state index is 12.6.